The number of esters is 5. The van der Waals surface area contributed by atoms with Crippen LogP contribution in [0.5, 0.6) is 5.75 Å². The van der Waals surface area contributed by atoms with Gasteiger partial charge in [0.15, 0.2) is 18.8 Å². The predicted octanol–water partition coefficient (Wildman–Crippen LogP) is 2.00. The second-order valence-corrected chi connectivity index (χ2v) is 8.26. The lowest BCUT2D eigenvalue weighted by Gasteiger charge is -2.43. The number of hydrogen-bond donors (Lipinski definition) is 0. The van der Waals surface area contributed by atoms with E-state index in [9.17, 15) is 24.0 Å². The van der Waals surface area contributed by atoms with Gasteiger partial charge in [0.05, 0.1) is 5.02 Å². The molecule has 0 N–H and O–H groups in total. The lowest BCUT2D eigenvalue weighted by atomic mass is 9.98. The van der Waals surface area contributed by atoms with Crippen LogP contribution < -0.4 is 4.74 Å². The van der Waals surface area contributed by atoms with Crippen molar-refractivity contribution in [3.8, 4) is 5.75 Å². The number of carbonyl (C=O) groups excluding carboxylic acids is 5. The molecule has 14 heteroatoms. The summed E-state index contributed by atoms with van der Waals surface area (Å²) in [6.45, 7) is 3.22. The Labute approximate surface area is 215 Å². The van der Waals surface area contributed by atoms with E-state index in [0.717, 1.165) is 27.7 Å². The maximum atomic E-state index is 12.5. The number of ether oxygens (including phenoxy) is 7. The minimum Gasteiger partial charge on any atom is -0.480 e. The first-order valence-electron chi connectivity index (χ1n) is 10.4. The van der Waals surface area contributed by atoms with Gasteiger partial charge >= 0.3 is 29.8 Å². The van der Waals surface area contributed by atoms with Crippen molar-refractivity contribution < 1.29 is 57.1 Å². The van der Waals surface area contributed by atoms with Crippen molar-refractivity contribution in [2.45, 2.75) is 58.4 Å². The van der Waals surface area contributed by atoms with Gasteiger partial charge < -0.3 is 33.2 Å². The summed E-state index contributed by atoms with van der Waals surface area (Å²) in [6.07, 6.45) is -7.34. The first kappa shape index (κ1) is 29.1. The molecule has 1 aromatic rings. The predicted molar refractivity (Wildman–Crippen MR) is 120 cm³/mol. The monoisotopic (exact) mass is 550 g/mol. The Bertz CT molecular complexity index is 997. The smallest absolute Gasteiger partial charge is 0.346 e. The highest BCUT2D eigenvalue weighted by Gasteiger charge is 2.53. The molecule has 0 spiro atoms. The maximum Gasteiger partial charge on any atom is 0.346 e. The topological polar surface area (TPSA) is 150 Å². The first-order chi connectivity index (χ1) is 16.9. The Kier molecular flexibility index (Phi) is 10.8. The summed E-state index contributed by atoms with van der Waals surface area (Å²) in [4.78, 5) is 59.2. The van der Waals surface area contributed by atoms with Gasteiger partial charge in [0.2, 0.25) is 12.4 Å². The Morgan fingerprint density at radius 3 is 1.94 bits per heavy atom. The van der Waals surface area contributed by atoms with Crippen molar-refractivity contribution in [2.75, 3.05) is 13.2 Å². The molecule has 0 aliphatic carbocycles. The van der Waals surface area contributed by atoms with Gasteiger partial charge in [-0.1, -0.05) is 23.2 Å². The molecule has 0 amide bonds. The molecule has 36 heavy (non-hydrogen) atoms. The number of benzene rings is 1. The molecule has 1 fully saturated rings. The van der Waals surface area contributed by atoms with Gasteiger partial charge in [-0.15, -0.1) is 0 Å². The molecule has 1 aliphatic rings. The van der Waals surface area contributed by atoms with Crippen LogP contribution >= 0.6 is 23.2 Å². The van der Waals surface area contributed by atoms with Gasteiger partial charge in [0, 0.05) is 32.7 Å². The van der Waals surface area contributed by atoms with E-state index in [4.69, 9.17) is 56.4 Å². The van der Waals surface area contributed by atoms with Crippen LogP contribution in [0.2, 0.25) is 10.0 Å². The van der Waals surface area contributed by atoms with Gasteiger partial charge in [-0.05, 0) is 18.2 Å². The fraction of sp³-hybridized carbons (Fsp3) is 0.500. The number of rotatable bonds is 9. The zero-order valence-electron chi connectivity index (χ0n) is 19.7. The maximum absolute atomic E-state index is 12.5. The normalized spacial score (nSPS) is 23.1. The molecule has 1 aromatic carbocycles. The minimum atomic E-state index is -1.66. The van der Waals surface area contributed by atoms with Gasteiger partial charge in [0.1, 0.15) is 18.5 Å². The highest BCUT2D eigenvalue weighted by atomic mass is 35.5. The SMILES string of the molecule is CC(=O)OC[C@H]1O[C@H](OC(=O)COc2ccc(Cl)cc2Cl)[C@H](OC(C)=O)[C@@H](OC(C)=O)[C@@H]1OC(C)=O. The average molecular weight is 551 g/mol. The van der Waals surface area contributed by atoms with E-state index in [1.54, 1.807) is 0 Å². The quantitative estimate of drug-likeness (QED) is 0.326. The molecule has 198 valence electrons. The summed E-state index contributed by atoms with van der Waals surface area (Å²) in [5, 5.41) is 0.495. The van der Waals surface area contributed by atoms with Crippen molar-refractivity contribution in [3.63, 3.8) is 0 Å². The average Bonchev–Trinajstić information content (AvgIpc) is 2.75. The van der Waals surface area contributed by atoms with Crippen LogP contribution in [0.25, 0.3) is 0 Å². The van der Waals surface area contributed by atoms with E-state index in [1.807, 2.05) is 0 Å². The van der Waals surface area contributed by atoms with Gasteiger partial charge in [0.25, 0.3) is 0 Å². The summed E-state index contributed by atoms with van der Waals surface area (Å²) >= 11 is 11.8. The van der Waals surface area contributed by atoms with Crippen molar-refractivity contribution in [1.82, 2.24) is 0 Å². The number of hydrogen-bond acceptors (Lipinski definition) is 12. The van der Waals surface area contributed by atoms with Crippen molar-refractivity contribution >= 4 is 53.0 Å². The third-order valence-electron chi connectivity index (χ3n) is 4.44. The van der Waals surface area contributed by atoms with Gasteiger partial charge in [-0.2, -0.15) is 0 Å². The van der Waals surface area contributed by atoms with E-state index >= 15 is 0 Å². The standard InChI is InChI=1S/C22H24Cl2O12/c1-10(25)30-8-17-19(32-11(2)26)20(33-12(3)27)21(34-13(4)28)22(35-17)36-18(29)9-31-16-6-5-14(23)7-15(16)24/h5-7,17,19-22H,8-9H2,1-4H3/t17-,19-,20+,21-,22-/m1/s1. The third-order valence-corrected chi connectivity index (χ3v) is 4.97. The molecule has 1 saturated heterocycles. The minimum absolute atomic E-state index is 0.138. The number of halogens is 2. The van der Waals surface area contributed by atoms with Crippen LogP contribution in [-0.4, -0.2) is 73.8 Å². The fourth-order valence-electron chi connectivity index (χ4n) is 3.18. The van der Waals surface area contributed by atoms with E-state index in [2.05, 4.69) is 0 Å². The van der Waals surface area contributed by atoms with Crippen LogP contribution in [0.4, 0.5) is 0 Å². The Hall–Kier alpha value is -3.09. The second-order valence-electron chi connectivity index (χ2n) is 7.42. The Morgan fingerprint density at radius 2 is 1.39 bits per heavy atom. The number of carbonyl (C=O) groups is 5. The molecule has 0 bridgehead atoms. The molecule has 0 radical (unpaired) electrons. The summed E-state index contributed by atoms with van der Waals surface area (Å²) in [7, 11) is 0. The highest BCUT2D eigenvalue weighted by Crippen LogP contribution is 2.31. The Balaban J connectivity index is 2.29. The molecule has 0 aromatic heterocycles. The highest BCUT2D eigenvalue weighted by molar-refractivity contribution is 6.35. The van der Waals surface area contributed by atoms with Crippen LogP contribution in [-0.2, 0) is 52.4 Å². The first-order valence-corrected chi connectivity index (χ1v) is 11.2. The second kappa shape index (κ2) is 13.3. The fourth-order valence-corrected chi connectivity index (χ4v) is 3.64. The van der Waals surface area contributed by atoms with E-state index in [1.165, 1.54) is 18.2 Å². The lowest BCUT2D eigenvalue weighted by molar-refractivity contribution is -0.301. The van der Waals surface area contributed by atoms with Crippen molar-refractivity contribution in [2.24, 2.45) is 0 Å². The lowest BCUT2D eigenvalue weighted by Crippen LogP contribution is -2.63. The molecule has 2 rings (SSSR count). The van der Waals surface area contributed by atoms with E-state index in [-0.39, 0.29) is 10.8 Å². The summed E-state index contributed by atoms with van der Waals surface area (Å²) in [6, 6.07) is 4.34. The van der Waals surface area contributed by atoms with Crippen molar-refractivity contribution in [1.29, 1.82) is 0 Å². The molecular weight excluding hydrogens is 527 g/mol. The molecule has 0 unspecified atom stereocenters. The third kappa shape index (κ3) is 8.85. The zero-order chi connectivity index (χ0) is 27.0. The summed E-state index contributed by atoms with van der Waals surface area (Å²) in [5.74, 6) is -3.99. The van der Waals surface area contributed by atoms with Crippen molar-refractivity contribution in [3.05, 3.63) is 28.2 Å². The zero-order valence-corrected chi connectivity index (χ0v) is 21.2. The van der Waals surface area contributed by atoms with Crippen LogP contribution in [0.1, 0.15) is 27.7 Å². The molecule has 12 nitrogen and oxygen atoms in total. The van der Waals surface area contributed by atoms with Crippen LogP contribution in [0, 0.1) is 0 Å². The van der Waals surface area contributed by atoms with E-state index in [0.29, 0.717) is 5.02 Å². The largest absolute Gasteiger partial charge is 0.480 e. The molecular formula is C22H24Cl2O12. The van der Waals surface area contributed by atoms with Gasteiger partial charge in [-0.3, -0.25) is 19.2 Å². The molecule has 1 heterocycles. The molecule has 1 aliphatic heterocycles. The molecule has 5 atom stereocenters. The van der Waals surface area contributed by atoms with E-state index < -0.39 is 73.8 Å². The Morgan fingerprint density at radius 1 is 0.806 bits per heavy atom. The van der Waals surface area contributed by atoms with Crippen LogP contribution in [0.15, 0.2) is 18.2 Å². The summed E-state index contributed by atoms with van der Waals surface area (Å²) < 4.78 is 36.9. The summed E-state index contributed by atoms with van der Waals surface area (Å²) in [5.41, 5.74) is 0. The molecule has 0 saturated carbocycles. The van der Waals surface area contributed by atoms with Gasteiger partial charge in [-0.25, -0.2) is 4.79 Å². The van der Waals surface area contributed by atoms with Crippen LogP contribution in [0.3, 0.4) is 0 Å².